The third-order valence-corrected chi connectivity index (χ3v) is 6.23. The molecule has 1 atom stereocenters. The van der Waals surface area contributed by atoms with Crippen LogP contribution in [0.3, 0.4) is 0 Å². The molecule has 6 nitrogen and oxygen atoms in total. The van der Waals surface area contributed by atoms with Crippen LogP contribution in [0.1, 0.15) is 73.3 Å². The van der Waals surface area contributed by atoms with Crippen molar-refractivity contribution in [3.63, 3.8) is 0 Å². The Labute approximate surface area is 184 Å². The Morgan fingerprint density at radius 2 is 2.10 bits per heavy atom. The second-order valence-corrected chi connectivity index (χ2v) is 8.19. The number of aryl methyl sites for hydroxylation is 1. The van der Waals surface area contributed by atoms with Crippen LogP contribution in [0, 0.1) is 17.2 Å². The predicted molar refractivity (Wildman–Crippen MR) is 123 cm³/mol. The lowest BCUT2D eigenvalue weighted by Crippen LogP contribution is -2.18. The molecule has 1 aliphatic rings. The van der Waals surface area contributed by atoms with Gasteiger partial charge >= 0.3 is 0 Å². The molecular weight excluding hydrogens is 388 g/mol. The summed E-state index contributed by atoms with van der Waals surface area (Å²) in [6.07, 6.45) is 9.60. The first kappa shape index (κ1) is 22.8. The lowest BCUT2D eigenvalue weighted by atomic mass is 9.90. The van der Waals surface area contributed by atoms with E-state index in [0.717, 1.165) is 24.2 Å². The number of ketones is 2. The van der Waals surface area contributed by atoms with Crippen LogP contribution in [0.5, 0.6) is 0 Å². The number of anilines is 1. The highest BCUT2D eigenvalue weighted by atomic mass is 16.1. The number of hydrogen-bond acceptors (Lipinski definition) is 6. The predicted octanol–water partition coefficient (Wildman–Crippen LogP) is 4.66. The van der Waals surface area contributed by atoms with Crippen LogP contribution in [0.15, 0.2) is 30.6 Å². The van der Waals surface area contributed by atoms with Gasteiger partial charge in [-0.1, -0.05) is 19.9 Å². The smallest absolute Gasteiger partial charge is 0.170 e. The summed E-state index contributed by atoms with van der Waals surface area (Å²) in [4.78, 5) is 34.5. The molecule has 0 saturated carbocycles. The Kier molecular flexibility index (Phi) is 8.04. The molecule has 0 bridgehead atoms. The van der Waals surface area contributed by atoms with Gasteiger partial charge in [0.2, 0.25) is 0 Å². The van der Waals surface area contributed by atoms with Gasteiger partial charge < -0.3 is 10.7 Å². The number of Topliss-reactive ketones (excluding diaryl/α,β-unsaturated/α-hetero) is 2. The second-order valence-electron chi connectivity index (χ2n) is 8.19. The Bertz CT molecular complexity index is 923. The van der Waals surface area contributed by atoms with Crippen LogP contribution in [-0.2, 0) is 17.6 Å². The van der Waals surface area contributed by atoms with Crippen molar-refractivity contribution in [1.82, 2.24) is 9.97 Å². The molecule has 0 aromatic carbocycles. The van der Waals surface area contributed by atoms with Gasteiger partial charge in [-0.05, 0) is 50.7 Å². The molecule has 2 aromatic rings. The van der Waals surface area contributed by atoms with Gasteiger partial charge in [0.1, 0.15) is 5.78 Å². The molecule has 1 unspecified atom stereocenters. The van der Waals surface area contributed by atoms with Gasteiger partial charge in [0, 0.05) is 54.7 Å². The number of hydrogen-bond donors (Lipinski definition) is 2. The first-order valence-electron chi connectivity index (χ1n) is 11.3. The molecule has 0 saturated heterocycles. The maximum Gasteiger partial charge on any atom is 0.170 e. The third kappa shape index (κ3) is 5.43. The van der Waals surface area contributed by atoms with Gasteiger partial charge in [-0.2, -0.15) is 0 Å². The molecule has 0 spiro atoms. The van der Waals surface area contributed by atoms with Gasteiger partial charge in [-0.3, -0.25) is 19.6 Å². The molecule has 0 fully saturated rings. The van der Waals surface area contributed by atoms with E-state index >= 15 is 0 Å². The summed E-state index contributed by atoms with van der Waals surface area (Å²) in [7, 11) is 0. The highest BCUT2D eigenvalue weighted by molar-refractivity contribution is 6.06. The third-order valence-electron chi connectivity index (χ3n) is 6.23. The van der Waals surface area contributed by atoms with Crippen molar-refractivity contribution in [2.75, 3.05) is 11.9 Å². The van der Waals surface area contributed by atoms with Crippen molar-refractivity contribution >= 4 is 23.5 Å². The minimum Gasteiger partial charge on any atom is -0.384 e. The van der Waals surface area contributed by atoms with Crippen LogP contribution < -0.4 is 5.32 Å². The number of aromatic nitrogens is 2. The molecule has 31 heavy (non-hydrogen) atoms. The van der Waals surface area contributed by atoms with Crippen molar-refractivity contribution in [1.29, 1.82) is 5.41 Å². The largest absolute Gasteiger partial charge is 0.384 e. The topological polar surface area (TPSA) is 95.8 Å². The Morgan fingerprint density at radius 1 is 1.29 bits per heavy atom. The molecule has 3 heterocycles. The summed E-state index contributed by atoms with van der Waals surface area (Å²) in [5.74, 6) is 0.337. The minimum absolute atomic E-state index is 0.0525. The summed E-state index contributed by atoms with van der Waals surface area (Å²) in [6.45, 7) is 4.77. The van der Waals surface area contributed by atoms with Crippen molar-refractivity contribution in [2.45, 2.75) is 58.8 Å². The Balaban J connectivity index is 1.75. The van der Waals surface area contributed by atoms with Crippen molar-refractivity contribution < 1.29 is 9.59 Å². The standard InChI is InChI=1S/C25H32N4O2/c1-3-17(4-2)23(30)10-7-9-22-20(15-26)24-21(16-29-22)25(31)18(11-13-28-24)14-19-8-5-6-12-27-19/h5-6,8,12,15-18,26,28H,3-4,7,9-11,13-14H2,1-2H3. The normalized spacial score (nSPS) is 15.8. The van der Waals surface area contributed by atoms with Gasteiger partial charge in [-0.15, -0.1) is 0 Å². The van der Waals surface area contributed by atoms with E-state index in [0.29, 0.717) is 61.2 Å². The average molecular weight is 421 g/mol. The van der Waals surface area contributed by atoms with Crippen molar-refractivity contribution in [2.24, 2.45) is 11.8 Å². The number of nitrogens with one attached hydrogen (secondary N) is 2. The highest BCUT2D eigenvalue weighted by Crippen LogP contribution is 2.30. The van der Waals surface area contributed by atoms with Crippen molar-refractivity contribution in [3.8, 4) is 0 Å². The molecule has 0 amide bonds. The fourth-order valence-electron chi connectivity index (χ4n) is 4.36. The Hall–Kier alpha value is -2.89. The number of carbonyl (C=O) groups is 2. The first-order chi connectivity index (χ1) is 15.1. The summed E-state index contributed by atoms with van der Waals surface area (Å²) in [5, 5.41) is 11.3. The molecule has 3 rings (SSSR count). The van der Waals surface area contributed by atoms with E-state index in [4.69, 9.17) is 5.41 Å². The summed E-state index contributed by atoms with van der Waals surface area (Å²) in [6, 6.07) is 5.75. The van der Waals surface area contributed by atoms with E-state index in [9.17, 15) is 9.59 Å². The fraction of sp³-hybridized carbons (Fsp3) is 0.480. The lowest BCUT2D eigenvalue weighted by molar-refractivity contribution is -0.123. The monoisotopic (exact) mass is 420 g/mol. The van der Waals surface area contributed by atoms with Gasteiger partial charge in [0.25, 0.3) is 0 Å². The molecular formula is C25H32N4O2. The zero-order valence-corrected chi connectivity index (χ0v) is 18.5. The van der Waals surface area contributed by atoms with E-state index < -0.39 is 0 Å². The minimum atomic E-state index is -0.160. The quantitative estimate of drug-likeness (QED) is 0.545. The van der Waals surface area contributed by atoms with E-state index in [2.05, 4.69) is 29.1 Å². The highest BCUT2D eigenvalue weighted by Gasteiger charge is 2.28. The fourth-order valence-corrected chi connectivity index (χ4v) is 4.36. The summed E-state index contributed by atoms with van der Waals surface area (Å²) in [5.41, 5.74) is 3.60. The SMILES string of the molecule is CCC(CC)C(=O)CCCc1ncc2c(c1C=N)NCCC(Cc1ccccn1)C2=O. The van der Waals surface area contributed by atoms with E-state index in [1.54, 1.807) is 12.4 Å². The second kappa shape index (κ2) is 10.9. The van der Waals surface area contributed by atoms with Gasteiger partial charge in [0.15, 0.2) is 5.78 Å². The molecule has 2 aromatic heterocycles. The van der Waals surface area contributed by atoms with Gasteiger partial charge in [-0.25, -0.2) is 0 Å². The van der Waals surface area contributed by atoms with Crippen LogP contribution in [-0.4, -0.2) is 34.3 Å². The summed E-state index contributed by atoms with van der Waals surface area (Å²) < 4.78 is 0. The molecule has 1 aliphatic heterocycles. The lowest BCUT2D eigenvalue weighted by Gasteiger charge is -2.15. The number of pyridine rings is 2. The zero-order chi connectivity index (χ0) is 22.2. The van der Waals surface area contributed by atoms with Crippen LogP contribution in [0.25, 0.3) is 0 Å². The van der Waals surface area contributed by atoms with Gasteiger partial charge in [0.05, 0.1) is 16.9 Å². The molecule has 164 valence electrons. The van der Waals surface area contributed by atoms with E-state index in [1.807, 2.05) is 18.2 Å². The maximum absolute atomic E-state index is 13.2. The number of fused-ring (bicyclic) bond motifs is 1. The number of rotatable bonds is 10. The zero-order valence-electron chi connectivity index (χ0n) is 18.5. The molecule has 0 aliphatic carbocycles. The summed E-state index contributed by atoms with van der Waals surface area (Å²) >= 11 is 0. The van der Waals surface area contributed by atoms with E-state index in [-0.39, 0.29) is 17.6 Å². The average Bonchev–Trinajstić information content (AvgIpc) is 2.94. The maximum atomic E-state index is 13.2. The first-order valence-corrected chi connectivity index (χ1v) is 11.3. The van der Waals surface area contributed by atoms with Crippen LogP contribution in [0.4, 0.5) is 5.69 Å². The molecule has 2 N–H and O–H groups in total. The number of carbonyl (C=O) groups excluding carboxylic acids is 2. The molecule has 6 heteroatoms. The number of nitrogens with zero attached hydrogens (tertiary/aromatic N) is 2. The van der Waals surface area contributed by atoms with Crippen LogP contribution >= 0.6 is 0 Å². The van der Waals surface area contributed by atoms with Crippen LogP contribution in [0.2, 0.25) is 0 Å². The Morgan fingerprint density at radius 3 is 2.77 bits per heavy atom. The molecule has 0 radical (unpaired) electrons. The van der Waals surface area contributed by atoms with Crippen molar-refractivity contribution in [3.05, 3.63) is 53.1 Å². The van der Waals surface area contributed by atoms with E-state index in [1.165, 1.54) is 6.21 Å².